The van der Waals surface area contributed by atoms with Gasteiger partial charge in [0.25, 0.3) is 5.69 Å². The summed E-state index contributed by atoms with van der Waals surface area (Å²) in [5.74, 6) is -0.918. The standard InChI is InChI=1S/C13H14N4O4/c14-9-16(13(19)3-1-2-12(15)18)8-10-4-6-11(7-5-10)17(20)21/h4-7H,1-3,8H2,(H2,15,18). The predicted octanol–water partition coefficient (Wildman–Crippen LogP) is 1.06. The van der Waals surface area contributed by atoms with E-state index in [-0.39, 0.29) is 31.5 Å². The van der Waals surface area contributed by atoms with Gasteiger partial charge in [0.2, 0.25) is 11.8 Å². The molecule has 8 heteroatoms. The number of amides is 2. The van der Waals surface area contributed by atoms with E-state index in [2.05, 4.69) is 0 Å². The molecule has 0 unspecified atom stereocenters. The molecular formula is C13H14N4O4. The average Bonchev–Trinajstić information content (AvgIpc) is 2.44. The topological polar surface area (TPSA) is 130 Å². The number of nitro groups is 1. The summed E-state index contributed by atoms with van der Waals surface area (Å²) in [6.45, 7) is 0.0316. The minimum absolute atomic E-state index is 0.0316. The summed E-state index contributed by atoms with van der Waals surface area (Å²) in [6.07, 6.45) is 2.17. The van der Waals surface area contributed by atoms with Gasteiger partial charge >= 0.3 is 0 Å². The molecule has 0 atom stereocenters. The number of nitrogens with zero attached hydrogens (tertiary/aromatic N) is 3. The minimum atomic E-state index is -0.527. The van der Waals surface area contributed by atoms with Crippen molar-refractivity contribution in [2.45, 2.75) is 25.8 Å². The third-order valence-electron chi connectivity index (χ3n) is 2.72. The number of carbonyl (C=O) groups is 2. The maximum Gasteiger partial charge on any atom is 0.269 e. The Hall–Kier alpha value is -2.95. The Morgan fingerprint density at radius 1 is 1.29 bits per heavy atom. The van der Waals surface area contributed by atoms with Gasteiger partial charge in [-0.05, 0) is 12.0 Å². The van der Waals surface area contributed by atoms with Gasteiger partial charge in [0.1, 0.15) is 0 Å². The van der Waals surface area contributed by atoms with Crippen molar-refractivity contribution in [3.8, 4) is 6.19 Å². The van der Waals surface area contributed by atoms with Crippen molar-refractivity contribution in [1.82, 2.24) is 4.90 Å². The van der Waals surface area contributed by atoms with E-state index in [1.54, 1.807) is 6.19 Å². The van der Waals surface area contributed by atoms with Crippen molar-refractivity contribution >= 4 is 17.5 Å². The second-order valence-corrected chi connectivity index (χ2v) is 4.32. The lowest BCUT2D eigenvalue weighted by Gasteiger charge is -2.13. The quantitative estimate of drug-likeness (QED) is 0.347. The molecule has 1 rings (SSSR count). The minimum Gasteiger partial charge on any atom is -0.370 e. The highest BCUT2D eigenvalue weighted by Gasteiger charge is 2.14. The van der Waals surface area contributed by atoms with E-state index in [0.717, 1.165) is 4.90 Å². The van der Waals surface area contributed by atoms with Crippen molar-refractivity contribution in [2.75, 3.05) is 0 Å². The average molecular weight is 290 g/mol. The Kier molecular flexibility index (Phi) is 5.82. The third kappa shape index (κ3) is 5.28. The molecule has 8 nitrogen and oxygen atoms in total. The van der Waals surface area contributed by atoms with E-state index in [1.165, 1.54) is 24.3 Å². The lowest BCUT2D eigenvalue weighted by atomic mass is 10.1. The second-order valence-electron chi connectivity index (χ2n) is 4.32. The first-order valence-corrected chi connectivity index (χ1v) is 6.15. The Morgan fingerprint density at radius 3 is 2.38 bits per heavy atom. The van der Waals surface area contributed by atoms with E-state index < -0.39 is 16.7 Å². The van der Waals surface area contributed by atoms with E-state index in [1.807, 2.05) is 0 Å². The highest BCUT2D eigenvalue weighted by Crippen LogP contribution is 2.14. The fraction of sp³-hybridized carbons (Fsp3) is 0.308. The fourth-order valence-corrected chi connectivity index (χ4v) is 1.63. The van der Waals surface area contributed by atoms with Crippen molar-refractivity contribution in [1.29, 1.82) is 5.26 Å². The van der Waals surface area contributed by atoms with Crippen LogP contribution in [0.25, 0.3) is 0 Å². The fourth-order valence-electron chi connectivity index (χ4n) is 1.63. The van der Waals surface area contributed by atoms with Gasteiger partial charge in [0, 0.05) is 25.0 Å². The Balaban J connectivity index is 2.61. The number of nitrogens with two attached hydrogens (primary N) is 1. The molecular weight excluding hydrogens is 276 g/mol. The number of hydrogen-bond acceptors (Lipinski definition) is 5. The van der Waals surface area contributed by atoms with Gasteiger partial charge in [0.15, 0.2) is 6.19 Å². The van der Waals surface area contributed by atoms with Gasteiger partial charge in [-0.15, -0.1) is 0 Å². The predicted molar refractivity (Wildman–Crippen MR) is 72.3 cm³/mol. The first-order valence-electron chi connectivity index (χ1n) is 6.15. The Labute approximate surface area is 120 Å². The molecule has 0 aromatic heterocycles. The van der Waals surface area contributed by atoms with E-state index in [9.17, 15) is 19.7 Å². The summed E-state index contributed by atoms with van der Waals surface area (Å²) in [6, 6.07) is 5.59. The second kappa shape index (κ2) is 7.59. The molecule has 110 valence electrons. The number of non-ortho nitro benzene ring substituents is 1. The highest BCUT2D eigenvalue weighted by atomic mass is 16.6. The third-order valence-corrected chi connectivity index (χ3v) is 2.72. The van der Waals surface area contributed by atoms with Crippen LogP contribution >= 0.6 is 0 Å². The molecule has 0 saturated heterocycles. The van der Waals surface area contributed by atoms with E-state index in [4.69, 9.17) is 11.0 Å². The Bertz CT molecular complexity index is 577. The maximum absolute atomic E-state index is 11.8. The van der Waals surface area contributed by atoms with Crippen LogP contribution in [0, 0.1) is 21.6 Å². The highest BCUT2D eigenvalue weighted by molar-refractivity contribution is 5.79. The van der Waals surface area contributed by atoms with Crippen molar-refractivity contribution in [2.24, 2.45) is 5.73 Å². The molecule has 0 fully saturated rings. The number of rotatable bonds is 7. The van der Waals surface area contributed by atoms with Crippen molar-refractivity contribution < 1.29 is 14.5 Å². The maximum atomic E-state index is 11.8. The summed E-state index contributed by atoms with van der Waals surface area (Å²) in [4.78, 5) is 33.3. The van der Waals surface area contributed by atoms with Gasteiger partial charge in [-0.25, -0.2) is 4.90 Å². The van der Waals surface area contributed by atoms with Crippen LogP contribution in [0.15, 0.2) is 24.3 Å². The van der Waals surface area contributed by atoms with E-state index >= 15 is 0 Å². The number of nitriles is 1. The summed E-state index contributed by atoms with van der Waals surface area (Å²) in [7, 11) is 0. The monoisotopic (exact) mass is 290 g/mol. The van der Waals surface area contributed by atoms with Crippen molar-refractivity contribution in [3.05, 3.63) is 39.9 Å². The summed E-state index contributed by atoms with van der Waals surface area (Å²) < 4.78 is 0. The normalized spacial score (nSPS) is 9.67. The zero-order valence-corrected chi connectivity index (χ0v) is 11.2. The lowest BCUT2D eigenvalue weighted by Crippen LogP contribution is -2.25. The number of primary amides is 1. The van der Waals surface area contributed by atoms with Crippen LogP contribution in [-0.2, 0) is 16.1 Å². The van der Waals surface area contributed by atoms with Gasteiger partial charge in [-0.1, -0.05) is 12.1 Å². The zero-order valence-electron chi connectivity index (χ0n) is 11.2. The van der Waals surface area contributed by atoms with Gasteiger partial charge in [-0.2, -0.15) is 5.26 Å². The Morgan fingerprint density at radius 2 is 1.90 bits per heavy atom. The number of hydrogen-bond donors (Lipinski definition) is 1. The summed E-state index contributed by atoms with van der Waals surface area (Å²) in [5.41, 5.74) is 5.51. The molecule has 0 aliphatic carbocycles. The molecule has 1 aromatic rings. The molecule has 0 aliphatic rings. The summed E-state index contributed by atoms with van der Waals surface area (Å²) in [5, 5.41) is 19.5. The largest absolute Gasteiger partial charge is 0.370 e. The smallest absolute Gasteiger partial charge is 0.269 e. The molecule has 0 aliphatic heterocycles. The first-order chi connectivity index (χ1) is 9.93. The number of carbonyl (C=O) groups excluding carboxylic acids is 2. The van der Waals surface area contributed by atoms with Crippen LogP contribution in [-0.4, -0.2) is 21.6 Å². The van der Waals surface area contributed by atoms with E-state index in [0.29, 0.717) is 5.56 Å². The van der Waals surface area contributed by atoms with Crippen LogP contribution in [0.4, 0.5) is 5.69 Å². The molecule has 2 N–H and O–H groups in total. The zero-order chi connectivity index (χ0) is 15.8. The van der Waals surface area contributed by atoms with Gasteiger partial charge in [-0.3, -0.25) is 19.7 Å². The molecule has 0 bridgehead atoms. The summed E-state index contributed by atoms with van der Waals surface area (Å²) >= 11 is 0. The molecule has 2 amide bonds. The number of nitro benzene ring substituents is 1. The molecule has 0 spiro atoms. The SMILES string of the molecule is N#CN(Cc1ccc([N+](=O)[O-])cc1)C(=O)CCCC(N)=O. The molecule has 21 heavy (non-hydrogen) atoms. The number of benzene rings is 1. The van der Waals surface area contributed by atoms with Gasteiger partial charge in [0.05, 0.1) is 11.5 Å². The van der Waals surface area contributed by atoms with Crippen LogP contribution in [0.2, 0.25) is 0 Å². The van der Waals surface area contributed by atoms with Crippen LogP contribution in [0.3, 0.4) is 0 Å². The molecule has 0 heterocycles. The van der Waals surface area contributed by atoms with Crippen LogP contribution < -0.4 is 5.73 Å². The molecule has 1 aromatic carbocycles. The first kappa shape index (κ1) is 16.1. The van der Waals surface area contributed by atoms with Crippen LogP contribution in [0.5, 0.6) is 0 Å². The molecule has 0 radical (unpaired) electrons. The molecule has 0 saturated carbocycles. The lowest BCUT2D eigenvalue weighted by molar-refractivity contribution is -0.384. The van der Waals surface area contributed by atoms with Crippen LogP contribution in [0.1, 0.15) is 24.8 Å². The van der Waals surface area contributed by atoms with Gasteiger partial charge < -0.3 is 5.73 Å². The van der Waals surface area contributed by atoms with Crippen molar-refractivity contribution in [3.63, 3.8) is 0 Å².